The van der Waals surface area contributed by atoms with Crippen LogP contribution in [0, 0.1) is 0 Å². The van der Waals surface area contributed by atoms with Gasteiger partial charge in [-0.15, -0.1) is 11.3 Å². The SMILES string of the molecule is CC[C@@H]1CCCCN1CCCNC(=O)c1ccc(N(C)S(=O)(=O)c2cccs2)cc1. The summed E-state index contributed by atoms with van der Waals surface area (Å²) in [6, 6.07) is 10.7. The lowest BCUT2D eigenvalue weighted by Gasteiger charge is -2.35. The van der Waals surface area contributed by atoms with Crippen molar-refractivity contribution in [3.05, 3.63) is 47.3 Å². The monoisotopic (exact) mass is 449 g/mol. The molecule has 1 aliphatic heterocycles. The first-order chi connectivity index (χ1) is 14.4. The molecule has 0 spiro atoms. The van der Waals surface area contributed by atoms with Crippen molar-refractivity contribution in [3.63, 3.8) is 0 Å². The number of benzene rings is 1. The van der Waals surface area contributed by atoms with E-state index in [9.17, 15) is 13.2 Å². The minimum Gasteiger partial charge on any atom is -0.352 e. The van der Waals surface area contributed by atoms with Gasteiger partial charge in [0.2, 0.25) is 0 Å². The smallest absolute Gasteiger partial charge is 0.273 e. The van der Waals surface area contributed by atoms with Gasteiger partial charge in [0.15, 0.2) is 0 Å². The van der Waals surface area contributed by atoms with Gasteiger partial charge in [-0.05, 0) is 67.9 Å². The summed E-state index contributed by atoms with van der Waals surface area (Å²) in [6.07, 6.45) is 6.00. The summed E-state index contributed by atoms with van der Waals surface area (Å²) in [5.41, 5.74) is 1.06. The number of amides is 1. The molecule has 8 heteroatoms. The first-order valence-corrected chi connectivity index (χ1v) is 12.9. The molecule has 3 rings (SSSR count). The molecule has 1 saturated heterocycles. The van der Waals surface area contributed by atoms with E-state index in [1.54, 1.807) is 41.8 Å². The maximum absolute atomic E-state index is 12.6. The zero-order chi connectivity index (χ0) is 21.6. The minimum absolute atomic E-state index is 0.129. The molecule has 1 amide bonds. The van der Waals surface area contributed by atoms with Crippen LogP contribution in [0.5, 0.6) is 0 Å². The summed E-state index contributed by atoms with van der Waals surface area (Å²) in [4.78, 5) is 15.0. The van der Waals surface area contributed by atoms with Gasteiger partial charge in [0.1, 0.15) is 4.21 Å². The Morgan fingerprint density at radius 2 is 2.00 bits per heavy atom. The van der Waals surface area contributed by atoms with Crippen LogP contribution in [-0.4, -0.2) is 51.9 Å². The maximum Gasteiger partial charge on any atom is 0.273 e. The second kappa shape index (κ2) is 10.4. The van der Waals surface area contributed by atoms with Gasteiger partial charge < -0.3 is 10.2 Å². The van der Waals surface area contributed by atoms with E-state index in [4.69, 9.17) is 0 Å². The second-order valence-corrected chi connectivity index (χ2v) is 10.8. The highest BCUT2D eigenvalue weighted by Gasteiger charge is 2.22. The molecule has 1 aliphatic rings. The molecular weight excluding hydrogens is 418 g/mol. The molecule has 0 unspecified atom stereocenters. The van der Waals surface area contributed by atoms with E-state index in [2.05, 4.69) is 17.1 Å². The number of likely N-dealkylation sites (tertiary alicyclic amines) is 1. The van der Waals surface area contributed by atoms with Gasteiger partial charge in [0, 0.05) is 31.7 Å². The van der Waals surface area contributed by atoms with Crippen LogP contribution in [-0.2, 0) is 10.0 Å². The fraction of sp³-hybridized carbons (Fsp3) is 0.500. The number of piperidine rings is 1. The van der Waals surface area contributed by atoms with E-state index in [1.165, 1.54) is 48.4 Å². The van der Waals surface area contributed by atoms with Crippen LogP contribution in [0.2, 0.25) is 0 Å². The Morgan fingerprint density at radius 1 is 1.23 bits per heavy atom. The fourth-order valence-electron chi connectivity index (χ4n) is 3.91. The van der Waals surface area contributed by atoms with E-state index in [0.29, 0.717) is 28.0 Å². The number of carbonyl (C=O) groups is 1. The Hall–Kier alpha value is -1.90. The highest BCUT2D eigenvalue weighted by atomic mass is 32.2. The number of thiophene rings is 1. The molecule has 164 valence electrons. The highest BCUT2D eigenvalue weighted by Crippen LogP contribution is 2.25. The molecule has 2 heterocycles. The van der Waals surface area contributed by atoms with E-state index < -0.39 is 10.0 Å². The number of hydrogen-bond acceptors (Lipinski definition) is 5. The topological polar surface area (TPSA) is 69.7 Å². The molecule has 1 fully saturated rings. The zero-order valence-electron chi connectivity index (χ0n) is 17.7. The quantitative estimate of drug-likeness (QED) is 0.589. The van der Waals surface area contributed by atoms with Crippen LogP contribution in [0.15, 0.2) is 46.0 Å². The summed E-state index contributed by atoms with van der Waals surface area (Å²) in [6.45, 7) is 5.07. The van der Waals surface area contributed by atoms with Crippen molar-refractivity contribution in [1.82, 2.24) is 10.2 Å². The number of sulfonamides is 1. The van der Waals surface area contributed by atoms with Crippen molar-refractivity contribution in [2.45, 2.75) is 49.3 Å². The average molecular weight is 450 g/mol. The predicted octanol–water partition coefficient (Wildman–Crippen LogP) is 3.96. The lowest BCUT2D eigenvalue weighted by Crippen LogP contribution is -2.40. The van der Waals surface area contributed by atoms with Gasteiger partial charge in [-0.25, -0.2) is 8.42 Å². The molecule has 0 radical (unpaired) electrons. The number of hydrogen-bond donors (Lipinski definition) is 1. The van der Waals surface area contributed by atoms with E-state index >= 15 is 0 Å². The maximum atomic E-state index is 12.6. The summed E-state index contributed by atoms with van der Waals surface area (Å²) >= 11 is 1.19. The van der Waals surface area contributed by atoms with Crippen LogP contribution in [0.1, 0.15) is 49.4 Å². The number of nitrogens with zero attached hydrogens (tertiary/aromatic N) is 2. The fourth-order valence-corrected chi connectivity index (χ4v) is 6.27. The molecular formula is C22H31N3O3S2. The van der Waals surface area contributed by atoms with Gasteiger partial charge in [-0.2, -0.15) is 0 Å². The zero-order valence-corrected chi connectivity index (χ0v) is 19.3. The van der Waals surface area contributed by atoms with Crippen molar-refractivity contribution < 1.29 is 13.2 Å². The average Bonchev–Trinajstić information content (AvgIpc) is 3.32. The van der Waals surface area contributed by atoms with Crippen LogP contribution < -0.4 is 9.62 Å². The molecule has 0 aliphatic carbocycles. The predicted molar refractivity (Wildman–Crippen MR) is 123 cm³/mol. The van der Waals surface area contributed by atoms with Gasteiger partial charge in [-0.3, -0.25) is 9.10 Å². The summed E-state index contributed by atoms with van der Waals surface area (Å²) in [5, 5.41) is 4.71. The van der Waals surface area contributed by atoms with Gasteiger partial charge in [-0.1, -0.05) is 19.4 Å². The number of anilines is 1. The number of carbonyl (C=O) groups excluding carboxylic acids is 1. The Labute approximate surface area is 183 Å². The van der Waals surface area contributed by atoms with Crippen molar-refractivity contribution in [2.75, 3.05) is 31.0 Å². The second-order valence-electron chi connectivity index (χ2n) is 7.65. The molecule has 6 nitrogen and oxygen atoms in total. The van der Waals surface area contributed by atoms with Crippen LogP contribution >= 0.6 is 11.3 Å². The standard InChI is InChI=1S/C22H31N3O3S2/c1-3-19-8-4-5-15-25(19)16-7-14-23-22(26)18-10-12-20(13-11-18)24(2)30(27,28)21-9-6-17-29-21/h6,9-13,17,19H,3-5,7-8,14-16H2,1-2H3,(H,23,26)/t19-/m1/s1. The van der Waals surface area contributed by atoms with Gasteiger partial charge in [0.05, 0.1) is 5.69 Å². The molecule has 1 atom stereocenters. The minimum atomic E-state index is -3.57. The first kappa shape index (κ1) is 22.8. The normalized spacial score (nSPS) is 17.6. The van der Waals surface area contributed by atoms with Gasteiger partial charge >= 0.3 is 0 Å². The largest absolute Gasteiger partial charge is 0.352 e. The molecule has 0 bridgehead atoms. The highest BCUT2D eigenvalue weighted by molar-refractivity contribution is 7.94. The molecule has 2 aromatic rings. The molecule has 0 saturated carbocycles. The Balaban J connectivity index is 1.50. The Morgan fingerprint density at radius 3 is 2.67 bits per heavy atom. The van der Waals surface area contributed by atoms with Crippen molar-refractivity contribution in [3.8, 4) is 0 Å². The van der Waals surface area contributed by atoms with E-state index in [1.807, 2.05) is 0 Å². The third-order valence-electron chi connectivity index (χ3n) is 5.73. The van der Waals surface area contributed by atoms with Crippen molar-refractivity contribution in [2.24, 2.45) is 0 Å². The van der Waals surface area contributed by atoms with Crippen molar-refractivity contribution in [1.29, 1.82) is 0 Å². The Bertz CT molecular complexity index is 912. The molecule has 1 aromatic carbocycles. The number of rotatable bonds is 9. The van der Waals surface area contributed by atoms with Crippen LogP contribution in [0.4, 0.5) is 5.69 Å². The summed E-state index contributed by atoms with van der Waals surface area (Å²) in [5.74, 6) is -0.129. The van der Waals surface area contributed by atoms with E-state index in [-0.39, 0.29) is 5.91 Å². The van der Waals surface area contributed by atoms with Crippen molar-refractivity contribution >= 4 is 33.0 Å². The third kappa shape index (κ3) is 5.42. The molecule has 30 heavy (non-hydrogen) atoms. The third-order valence-corrected chi connectivity index (χ3v) is 8.89. The molecule has 1 N–H and O–H groups in total. The van der Waals surface area contributed by atoms with Crippen LogP contribution in [0.3, 0.4) is 0 Å². The summed E-state index contributed by atoms with van der Waals surface area (Å²) in [7, 11) is -2.05. The molecule has 1 aromatic heterocycles. The number of nitrogens with one attached hydrogen (secondary N) is 1. The summed E-state index contributed by atoms with van der Waals surface area (Å²) < 4.78 is 26.8. The van der Waals surface area contributed by atoms with E-state index in [0.717, 1.165) is 19.5 Å². The van der Waals surface area contributed by atoms with Gasteiger partial charge in [0.25, 0.3) is 15.9 Å². The lowest BCUT2D eigenvalue weighted by molar-refractivity contribution is 0.0947. The lowest BCUT2D eigenvalue weighted by atomic mass is 10.00. The first-order valence-electron chi connectivity index (χ1n) is 10.6. The Kier molecular flexibility index (Phi) is 7.91. The van der Waals surface area contributed by atoms with Crippen LogP contribution in [0.25, 0.3) is 0 Å².